The van der Waals surface area contributed by atoms with Gasteiger partial charge in [-0.1, -0.05) is 36.4 Å². The first kappa shape index (κ1) is 14.9. The van der Waals surface area contributed by atoms with Crippen molar-refractivity contribution in [2.24, 2.45) is 0 Å². The summed E-state index contributed by atoms with van der Waals surface area (Å²) in [6, 6.07) is 16.7. The van der Waals surface area contributed by atoms with Gasteiger partial charge < -0.3 is 14.7 Å². The molecule has 110 valence electrons. The molecule has 0 radical (unpaired) electrons. The predicted molar refractivity (Wildman–Crippen MR) is 83.1 cm³/mol. The molecular weight excluding hydrogens is 266 g/mol. The number of hydrogen-bond donors (Lipinski definition) is 1. The minimum atomic E-state index is -0.884. The van der Waals surface area contributed by atoms with Gasteiger partial charge in [-0.3, -0.25) is 4.79 Å². The van der Waals surface area contributed by atoms with Gasteiger partial charge in [0.25, 0.3) is 0 Å². The van der Waals surface area contributed by atoms with Crippen LogP contribution in [0.5, 0.6) is 5.75 Å². The topological polar surface area (TPSA) is 49.8 Å². The van der Waals surface area contributed by atoms with E-state index in [-0.39, 0.29) is 6.61 Å². The van der Waals surface area contributed by atoms with Crippen LogP contribution in [0, 0.1) is 0 Å². The van der Waals surface area contributed by atoms with Crippen molar-refractivity contribution in [2.45, 2.75) is 5.92 Å². The molecule has 2 aromatic carbocycles. The van der Waals surface area contributed by atoms with E-state index in [4.69, 9.17) is 4.74 Å². The van der Waals surface area contributed by atoms with E-state index in [1.54, 1.807) is 12.1 Å². The number of carboxylic acids is 1. The van der Waals surface area contributed by atoms with Crippen molar-refractivity contribution in [2.75, 3.05) is 25.6 Å². The molecule has 2 rings (SSSR count). The first-order valence-corrected chi connectivity index (χ1v) is 6.76. The monoisotopic (exact) mass is 285 g/mol. The zero-order chi connectivity index (χ0) is 15.2. The van der Waals surface area contributed by atoms with E-state index in [0.717, 1.165) is 11.3 Å². The Bertz CT molecular complexity index is 596. The predicted octanol–water partition coefficient (Wildman–Crippen LogP) is 3.00. The summed E-state index contributed by atoms with van der Waals surface area (Å²) in [5.74, 6) is -0.887. The Kier molecular flexibility index (Phi) is 4.82. The molecule has 0 saturated heterocycles. The highest BCUT2D eigenvalue weighted by atomic mass is 16.5. The lowest BCUT2D eigenvalue weighted by atomic mass is 10.0. The molecule has 0 bridgehead atoms. The third-order valence-electron chi connectivity index (χ3n) is 3.25. The molecule has 21 heavy (non-hydrogen) atoms. The number of ether oxygens (including phenoxy) is 1. The number of carboxylic acid groups (broad SMARTS) is 1. The highest BCUT2D eigenvalue weighted by molar-refractivity contribution is 5.76. The summed E-state index contributed by atoms with van der Waals surface area (Å²) in [6.45, 7) is 0.107. The van der Waals surface area contributed by atoms with Crippen LogP contribution in [0.25, 0.3) is 0 Å². The second-order valence-electron chi connectivity index (χ2n) is 5.00. The molecule has 1 atom stereocenters. The van der Waals surface area contributed by atoms with Crippen molar-refractivity contribution >= 4 is 11.7 Å². The van der Waals surface area contributed by atoms with Gasteiger partial charge >= 0.3 is 5.97 Å². The number of benzene rings is 2. The van der Waals surface area contributed by atoms with Crippen LogP contribution in [0.2, 0.25) is 0 Å². The largest absolute Gasteiger partial charge is 0.492 e. The fraction of sp³-hybridized carbons (Fsp3) is 0.235. The maximum atomic E-state index is 11.4. The van der Waals surface area contributed by atoms with Gasteiger partial charge in [-0.25, -0.2) is 0 Å². The lowest BCUT2D eigenvalue weighted by Crippen LogP contribution is -2.19. The van der Waals surface area contributed by atoms with E-state index in [1.807, 2.05) is 61.5 Å². The van der Waals surface area contributed by atoms with E-state index in [1.165, 1.54) is 0 Å². The smallest absolute Gasteiger partial charge is 0.314 e. The van der Waals surface area contributed by atoms with Gasteiger partial charge in [0.2, 0.25) is 0 Å². The Balaban J connectivity index is 2.09. The summed E-state index contributed by atoms with van der Waals surface area (Å²) in [6.07, 6.45) is 0. The number of carbonyl (C=O) groups is 1. The van der Waals surface area contributed by atoms with Crippen LogP contribution in [-0.4, -0.2) is 31.8 Å². The molecule has 0 fully saturated rings. The zero-order valence-electron chi connectivity index (χ0n) is 12.2. The molecule has 0 aliphatic carbocycles. The van der Waals surface area contributed by atoms with Crippen LogP contribution in [0.15, 0.2) is 54.6 Å². The fourth-order valence-corrected chi connectivity index (χ4v) is 2.03. The average molecular weight is 285 g/mol. The average Bonchev–Trinajstić information content (AvgIpc) is 2.48. The van der Waals surface area contributed by atoms with Crippen LogP contribution in [-0.2, 0) is 4.79 Å². The van der Waals surface area contributed by atoms with Gasteiger partial charge in [-0.2, -0.15) is 0 Å². The Labute approximate surface area is 124 Å². The first-order chi connectivity index (χ1) is 10.1. The molecule has 0 aliphatic heterocycles. The van der Waals surface area contributed by atoms with Gasteiger partial charge in [-0.05, 0) is 17.7 Å². The third kappa shape index (κ3) is 3.99. The standard InChI is InChI=1S/C17H19NO3/c1-18(2)14-9-6-10-15(11-14)21-12-16(17(19)20)13-7-4-3-5-8-13/h3-11,16H,12H2,1-2H3,(H,19,20). The summed E-state index contributed by atoms with van der Waals surface area (Å²) >= 11 is 0. The van der Waals surface area contributed by atoms with E-state index in [9.17, 15) is 9.90 Å². The summed E-state index contributed by atoms with van der Waals surface area (Å²) in [4.78, 5) is 13.4. The number of rotatable bonds is 6. The van der Waals surface area contributed by atoms with E-state index in [0.29, 0.717) is 5.75 Å². The van der Waals surface area contributed by atoms with Crippen molar-refractivity contribution in [1.82, 2.24) is 0 Å². The van der Waals surface area contributed by atoms with Crippen LogP contribution in [0.3, 0.4) is 0 Å². The lowest BCUT2D eigenvalue weighted by Gasteiger charge is -2.16. The highest BCUT2D eigenvalue weighted by Crippen LogP contribution is 2.22. The van der Waals surface area contributed by atoms with Gasteiger partial charge in [-0.15, -0.1) is 0 Å². The van der Waals surface area contributed by atoms with Crippen molar-refractivity contribution in [3.05, 3.63) is 60.2 Å². The van der Waals surface area contributed by atoms with Gasteiger partial charge in [0.1, 0.15) is 18.3 Å². The number of nitrogens with zero attached hydrogens (tertiary/aromatic N) is 1. The van der Waals surface area contributed by atoms with Crippen molar-refractivity contribution in [1.29, 1.82) is 0 Å². The van der Waals surface area contributed by atoms with Crippen molar-refractivity contribution in [3.63, 3.8) is 0 Å². The van der Waals surface area contributed by atoms with Crippen molar-refractivity contribution < 1.29 is 14.6 Å². The molecule has 4 heteroatoms. The van der Waals surface area contributed by atoms with E-state index < -0.39 is 11.9 Å². The second kappa shape index (κ2) is 6.79. The van der Waals surface area contributed by atoms with Gasteiger partial charge in [0, 0.05) is 25.8 Å². The summed E-state index contributed by atoms with van der Waals surface area (Å²) in [5, 5.41) is 9.36. The molecule has 0 heterocycles. The van der Waals surface area contributed by atoms with E-state index >= 15 is 0 Å². The number of hydrogen-bond acceptors (Lipinski definition) is 3. The molecule has 1 N–H and O–H groups in total. The Morgan fingerprint density at radius 1 is 1.14 bits per heavy atom. The fourth-order valence-electron chi connectivity index (χ4n) is 2.03. The summed E-state index contributed by atoms with van der Waals surface area (Å²) in [7, 11) is 3.90. The molecule has 1 unspecified atom stereocenters. The quantitative estimate of drug-likeness (QED) is 0.886. The lowest BCUT2D eigenvalue weighted by molar-refractivity contribution is -0.139. The van der Waals surface area contributed by atoms with E-state index in [2.05, 4.69) is 0 Å². The van der Waals surface area contributed by atoms with Crippen molar-refractivity contribution in [3.8, 4) is 5.75 Å². The Hall–Kier alpha value is -2.49. The molecular formula is C17H19NO3. The molecule has 0 spiro atoms. The Morgan fingerprint density at radius 3 is 2.48 bits per heavy atom. The maximum absolute atomic E-state index is 11.4. The van der Waals surface area contributed by atoms with Crippen LogP contribution in [0.4, 0.5) is 5.69 Å². The van der Waals surface area contributed by atoms with Crippen LogP contribution < -0.4 is 9.64 Å². The zero-order valence-corrected chi connectivity index (χ0v) is 12.2. The molecule has 0 aromatic heterocycles. The molecule has 4 nitrogen and oxygen atoms in total. The van der Waals surface area contributed by atoms with Crippen LogP contribution >= 0.6 is 0 Å². The third-order valence-corrected chi connectivity index (χ3v) is 3.25. The van der Waals surface area contributed by atoms with Crippen LogP contribution in [0.1, 0.15) is 11.5 Å². The summed E-state index contributed by atoms with van der Waals surface area (Å²) in [5.41, 5.74) is 1.76. The van der Waals surface area contributed by atoms with Gasteiger partial charge in [0.05, 0.1) is 0 Å². The molecule has 0 aliphatic rings. The minimum absolute atomic E-state index is 0.107. The normalized spacial score (nSPS) is 11.7. The highest BCUT2D eigenvalue weighted by Gasteiger charge is 2.20. The SMILES string of the molecule is CN(C)c1cccc(OCC(C(=O)O)c2ccccc2)c1. The van der Waals surface area contributed by atoms with Gasteiger partial charge in [0.15, 0.2) is 0 Å². The minimum Gasteiger partial charge on any atom is -0.492 e. The number of aliphatic carboxylic acids is 1. The molecule has 0 amide bonds. The molecule has 0 saturated carbocycles. The second-order valence-corrected chi connectivity index (χ2v) is 5.00. The number of anilines is 1. The first-order valence-electron chi connectivity index (χ1n) is 6.76. The molecule has 2 aromatic rings. The maximum Gasteiger partial charge on any atom is 0.314 e. The summed E-state index contributed by atoms with van der Waals surface area (Å²) < 4.78 is 5.67. The Morgan fingerprint density at radius 2 is 1.86 bits per heavy atom.